The topological polar surface area (TPSA) is 46.6 Å². The van der Waals surface area contributed by atoms with Crippen molar-refractivity contribution in [3.05, 3.63) is 103 Å². The van der Waals surface area contributed by atoms with E-state index in [0.29, 0.717) is 27.3 Å². The van der Waals surface area contributed by atoms with Crippen molar-refractivity contribution >= 4 is 68.1 Å². The Kier molecular flexibility index (Phi) is 7.26. The van der Waals surface area contributed by atoms with Gasteiger partial charge in [0.05, 0.1) is 26.0 Å². The third-order valence-electron chi connectivity index (χ3n) is 4.69. The summed E-state index contributed by atoms with van der Waals surface area (Å²) in [6, 6.07) is 20.5. The Labute approximate surface area is 208 Å². The van der Waals surface area contributed by atoms with Crippen LogP contribution in [-0.4, -0.2) is 16.0 Å². The molecule has 4 rings (SSSR count). The molecule has 1 saturated heterocycles. The predicted octanol–water partition coefficient (Wildman–Crippen LogP) is 7.57. The first-order valence-electron chi connectivity index (χ1n) is 9.56. The van der Waals surface area contributed by atoms with Crippen molar-refractivity contribution in [3.63, 3.8) is 0 Å². The van der Waals surface area contributed by atoms with E-state index in [4.69, 9.17) is 27.9 Å². The summed E-state index contributed by atoms with van der Waals surface area (Å²) in [6.07, 6.45) is 1.70. The molecule has 0 aliphatic carbocycles. The van der Waals surface area contributed by atoms with Gasteiger partial charge in [0.2, 0.25) is 0 Å². The normalized spacial score (nSPS) is 15.0. The minimum atomic E-state index is -0.341. The maximum Gasteiger partial charge on any atom is 0.293 e. The molecule has 3 aromatic rings. The van der Waals surface area contributed by atoms with Gasteiger partial charge < -0.3 is 4.74 Å². The molecule has 0 spiro atoms. The molecule has 1 aliphatic heterocycles. The number of hydrogen-bond acceptors (Lipinski definition) is 4. The minimum absolute atomic E-state index is 0.134. The first-order valence-corrected chi connectivity index (χ1v) is 11.9. The molecule has 0 saturated carbocycles. The van der Waals surface area contributed by atoms with Crippen LogP contribution in [0, 0.1) is 0 Å². The Morgan fingerprint density at radius 2 is 1.72 bits per heavy atom. The first kappa shape index (κ1) is 22.9. The number of thioether (sulfide) groups is 1. The molecule has 0 bridgehead atoms. The van der Waals surface area contributed by atoms with Gasteiger partial charge >= 0.3 is 0 Å². The number of nitrogens with zero attached hydrogens (tertiary/aromatic N) is 1. The molecular formula is C24H16BrCl2NO3S. The molecule has 2 amide bonds. The van der Waals surface area contributed by atoms with Crippen LogP contribution in [0.25, 0.3) is 6.08 Å². The van der Waals surface area contributed by atoms with Gasteiger partial charge in [0.25, 0.3) is 11.1 Å². The lowest BCUT2D eigenvalue weighted by Gasteiger charge is -2.13. The number of carbonyl (C=O) groups is 2. The van der Waals surface area contributed by atoms with Crippen molar-refractivity contribution in [2.45, 2.75) is 13.2 Å². The van der Waals surface area contributed by atoms with Crippen LogP contribution in [0.2, 0.25) is 10.0 Å². The molecule has 4 nitrogen and oxygen atoms in total. The van der Waals surface area contributed by atoms with Crippen molar-refractivity contribution in [3.8, 4) is 5.75 Å². The number of rotatable bonds is 6. The van der Waals surface area contributed by atoms with Crippen molar-refractivity contribution < 1.29 is 14.3 Å². The third-order valence-corrected chi connectivity index (χ3v) is 6.96. The molecule has 8 heteroatoms. The van der Waals surface area contributed by atoms with Crippen LogP contribution in [-0.2, 0) is 17.9 Å². The second-order valence-electron chi connectivity index (χ2n) is 6.98. The zero-order valence-corrected chi connectivity index (χ0v) is 20.5. The lowest BCUT2D eigenvalue weighted by molar-refractivity contribution is -0.123. The number of amides is 2. The van der Waals surface area contributed by atoms with Crippen molar-refractivity contribution in [2.24, 2.45) is 0 Å². The number of ether oxygens (including phenoxy) is 1. The Hall–Kier alpha value is -2.25. The van der Waals surface area contributed by atoms with E-state index in [1.807, 2.05) is 48.5 Å². The molecule has 0 radical (unpaired) electrons. The van der Waals surface area contributed by atoms with Crippen LogP contribution in [0.1, 0.15) is 16.7 Å². The maximum atomic E-state index is 12.8. The second kappa shape index (κ2) is 10.1. The van der Waals surface area contributed by atoms with E-state index in [1.54, 1.807) is 24.3 Å². The number of benzene rings is 3. The fourth-order valence-electron chi connectivity index (χ4n) is 3.07. The van der Waals surface area contributed by atoms with E-state index in [9.17, 15) is 9.59 Å². The van der Waals surface area contributed by atoms with Gasteiger partial charge in [-0.15, -0.1) is 0 Å². The Morgan fingerprint density at radius 1 is 0.938 bits per heavy atom. The average Bonchev–Trinajstić information content (AvgIpc) is 3.04. The quantitative estimate of drug-likeness (QED) is 0.298. The average molecular weight is 549 g/mol. The summed E-state index contributed by atoms with van der Waals surface area (Å²) in [5.41, 5.74) is 2.58. The minimum Gasteiger partial charge on any atom is -0.488 e. The maximum absolute atomic E-state index is 12.8. The van der Waals surface area contributed by atoms with Crippen molar-refractivity contribution in [1.82, 2.24) is 4.90 Å². The SMILES string of the molecule is O=C1S/C(=C/c2ccc(OCc3ccccc3)c(Br)c2)C(=O)N1Cc1ccc(Cl)c(Cl)c1. The summed E-state index contributed by atoms with van der Waals surface area (Å²) >= 11 is 16.4. The molecule has 1 aliphatic rings. The van der Waals surface area contributed by atoms with E-state index in [2.05, 4.69) is 15.9 Å². The van der Waals surface area contributed by atoms with E-state index in [-0.39, 0.29) is 17.7 Å². The predicted molar refractivity (Wildman–Crippen MR) is 133 cm³/mol. The smallest absolute Gasteiger partial charge is 0.293 e. The molecule has 1 fully saturated rings. The highest BCUT2D eigenvalue weighted by atomic mass is 79.9. The van der Waals surface area contributed by atoms with Gasteiger partial charge in [-0.25, -0.2) is 0 Å². The van der Waals surface area contributed by atoms with E-state index in [1.165, 1.54) is 4.90 Å². The lowest BCUT2D eigenvalue weighted by atomic mass is 10.2. The Bertz CT molecular complexity index is 1220. The summed E-state index contributed by atoms with van der Waals surface area (Å²) in [6.45, 7) is 0.585. The Morgan fingerprint density at radius 3 is 2.44 bits per heavy atom. The van der Waals surface area contributed by atoms with Crippen molar-refractivity contribution in [2.75, 3.05) is 0 Å². The molecular weight excluding hydrogens is 533 g/mol. The van der Waals surface area contributed by atoms with Gasteiger partial charge in [-0.2, -0.15) is 0 Å². The Balaban J connectivity index is 1.46. The van der Waals surface area contributed by atoms with Gasteiger partial charge in [-0.05, 0) is 74.7 Å². The number of imide groups is 1. The molecule has 0 N–H and O–H groups in total. The summed E-state index contributed by atoms with van der Waals surface area (Å²) in [7, 11) is 0. The lowest BCUT2D eigenvalue weighted by Crippen LogP contribution is -2.27. The van der Waals surface area contributed by atoms with Crippen LogP contribution in [0.4, 0.5) is 4.79 Å². The van der Waals surface area contributed by atoms with E-state index < -0.39 is 0 Å². The zero-order chi connectivity index (χ0) is 22.7. The van der Waals surface area contributed by atoms with Gasteiger partial charge in [-0.1, -0.05) is 65.7 Å². The number of carbonyl (C=O) groups excluding carboxylic acids is 2. The molecule has 32 heavy (non-hydrogen) atoms. The highest BCUT2D eigenvalue weighted by molar-refractivity contribution is 9.10. The van der Waals surface area contributed by atoms with Gasteiger partial charge in [-0.3, -0.25) is 14.5 Å². The van der Waals surface area contributed by atoms with E-state index in [0.717, 1.165) is 32.9 Å². The molecule has 0 unspecified atom stereocenters. The first-order chi connectivity index (χ1) is 15.4. The van der Waals surface area contributed by atoms with Crippen LogP contribution >= 0.6 is 50.9 Å². The van der Waals surface area contributed by atoms with Crippen LogP contribution in [0.5, 0.6) is 5.75 Å². The molecule has 3 aromatic carbocycles. The largest absolute Gasteiger partial charge is 0.488 e. The molecule has 162 valence electrons. The highest BCUT2D eigenvalue weighted by Gasteiger charge is 2.35. The van der Waals surface area contributed by atoms with Gasteiger partial charge in [0.1, 0.15) is 12.4 Å². The standard InChI is InChI=1S/C24H16BrCl2NO3S/c25-18-10-16(7-9-21(18)31-14-15-4-2-1-3-5-15)12-22-23(29)28(24(30)32-22)13-17-6-8-19(26)20(27)11-17/h1-12H,13-14H2/b22-12+. The van der Waals surface area contributed by atoms with Crippen molar-refractivity contribution in [1.29, 1.82) is 0 Å². The monoisotopic (exact) mass is 547 g/mol. The fraction of sp³-hybridized carbons (Fsp3) is 0.0833. The zero-order valence-electron chi connectivity index (χ0n) is 16.6. The summed E-state index contributed by atoms with van der Waals surface area (Å²) in [5.74, 6) is 0.352. The highest BCUT2D eigenvalue weighted by Crippen LogP contribution is 2.35. The number of halogens is 3. The van der Waals surface area contributed by atoms with Crippen LogP contribution in [0.15, 0.2) is 76.1 Å². The molecule has 1 heterocycles. The second-order valence-corrected chi connectivity index (χ2v) is 9.64. The van der Waals surface area contributed by atoms with Gasteiger partial charge in [0.15, 0.2) is 0 Å². The van der Waals surface area contributed by atoms with Crippen LogP contribution < -0.4 is 4.74 Å². The van der Waals surface area contributed by atoms with E-state index >= 15 is 0 Å². The fourth-order valence-corrected chi connectivity index (χ4v) is 4.74. The van der Waals surface area contributed by atoms with Gasteiger partial charge in [0, 0.05) is 0 Å². The van der Waals surface area contributed by atoms with Crippen LogP contribution in [0.3, 0.4) is 0 Å². The summed E-state index contributed by atoms with van der Waals surface area (Å²) in [5, 5.41) is 0.478. The number of hydrogen-bond donors (Lipinski definition) is 0. The third kappa shape index (κ3) is 5.38. The summed E-state index contributed by atoms with van der Waals surface area (Å²) in [4.78, 5) is 26.8. The molecule has 0 aromatic heterocycles. The summed E-state index contributed by atoms with van der Waals surface area (Å²) < 4.78 is 6.63. The molecule has 0 atom stereocenters.